The summed E-state index contributed by atoms with van der Waals surface area (Å²) < 4.78 is 17.7. The summed E-state index contributed by atoms with van der Waals surface area (Å²) in [5.74, 6) is 2.31. The number of esters is 1. The highest BCUT2D eigenvalue weighted by molar-refractivity contribution is 6.78. The Kier molecular flexibility index (Phi) is 7.14. The number of carbonyl (C=O) groups excluding carboxylic acids is 1. The topological polar surface area (TPSA) is 48.7 Å². The maximum atomic E-state index is 10.9. The lowest BCUT2D eigenvalue weighted by molar-refractivity contribution is -0.140. The summed E-state index contributed by atoms with van der Waals surface area (Å²) >= 11 is 0. The molecule has 0 aliphatic carbocycles. The van der Waals surface area contributed by atoms with Crippen molar-refractivity contribution in [2.45, 2.75) is 85.4 Å². The molecule has 5 heteroatoms. The number of hydrogen-bond donors (Lipinski definition) is 0. The Balaban J connectivity index is 3.13. The van der Waals surface area contributed by atoms with Gasteiger partial charge in [0.05, 0.1) is 6.61 Å². The van der Waals surface area contributed by atoms with Crippen LogP contribution in [-0.4, -0.2) is 20.9 Å². The fraction of sp³-hybridized carbons (Fsp3) is 0.737. The van der Waals surface area contributed by atoms with E-state index in [0.717, 1.165) is 22.8 Å². The molecule has 1 aromatic rings. The van der Waals surface area contributed by atoms with Gasteiger partial charge in [-0.2, -0.15) is 0 Å². The summed E-state index contributed by atoms with van der Waals surface area (Å²) in [6.07, 6.45) is 0.579. The molecular formula is C19H34O4Si. The highest BCUT2D eigenvalue weighted by Crippen LogP contribution is 2.45. The van der Waals surface area contributed by atoms with E-state index in [1.54, 1.807) is 0 Å². The molecule has 0 fully saturated rings. The van der Waals surface area contributed by atoms with Crippen LogP contribution in [0.2, 0.25) is 16.6 Å². The molecule has 0 unspecified atom stereocenters. The quantitative estimate of drug-likeness (QED) is 0.453. The van der Waals surface area contributed by atoms with Gasteiger partial charge in [-0.15, -0.1) is 0 Å². The van der Waals surface area contributed by atoms with Crippen molar-refractivity contribution in [2.75, 3.05) is 6.61 Å². The predicted molar refractivity (Wildman–Crippen MR) is 100 cm³/mol. The number of aryl methyl sites for hydroxylation is 1. The third kappa shape index (κ3) is 4.24. The largest absolute Gasteiger partial charge is 0.540 e. The summed E-state index contributed by atoms with van der Waals surface area (Å²) in [5.41, 5.74) is 2.57. The molecule has 0 N–H and O–H groups in total. The van der Waals surface area contributed by atoms with Gasteiger partial charge in [-0.05, 0) is 30.5 Å². The maximum Gasteiger partial charge on any atom is 0.302 e. The third-order valence-corrected chi connectivity index (χ3v) is 10.9. The molecule has 0 saturated carbocycles. The van der Waals surface area contributed by atoms with Crippen molar-refractivity contribution in [1.29, 1.82) is 0 Å². The van der Waals surface area contributed by atoms with E-state index >= 15 is 0 Å². The molecule has 0 saturated heterocycles. The first-order valence-electron chi connectivity index (χ1n) is 8.95. The number of furan rings is 1. The molecule has 0 bridgehead atoms. The molecule has 1 rings (SSSR count). The van der Waals surface area contributed by atoms with E-state index in [9.17, 15) is 4.79 Å². The van der Waals surface area contributed by atoms with Gasteiger partial charge in [-0.1, -0.05) is 41.5 Å². The molecule has 4 nitrogen and oxygen atoms in total. The smallest absolute Gasteiger partial charge is 0.302 e. The van der Waals surface area contributed by atoms with Crippen molar-refractivity contribution in [3.63, 3.8) is 0 Å². The second-order valence-corrected chi connectivity index (χ2v) is 12.9. The zero-order valence-electron chi connectivity index (χ0n) is 16.8. The summed E-state index contributed by atoms with van der Waals surface area (Å²) in [5, 5.41) is 0. The van der Waals surface area contributed by atoms with E-state index in [0.29, 0.717) is 29.7 Å². The van der Waals surface area contributed by atoms with E-state index < -0.39 is 8.32 Å². The Bertz CT molecular complexity index is 536. The second-order valence-electron chi connectivity index (χ2n) is 7.55. The minimum Gasteiger partial charge on any atom is -0.540 e. The Morgan fingerprint density at radius 1 is 1.04 bits per heavy atom. The molecule has 1 aromatic heterocycles. The molecule has 0 atom stereocenters. The number of rotatable bonds is 8. The molecule has 0 aromatic carbocycles. The van der Waals surface area contributed by atoms with Gasteiger partial charge in [0, 0.05) is 18.9 Å². The van der Waals surface area contributed by atoms with E-state index in [-0.39, 0.29) is 5.97 Å². The molecule has 0 aliphatic heterocycles. The van der Waals surface area contributed by atoms with E-state index in [1.807, 2.05) is 13.8 Å². The molecular weight excluding hydrogens is 320 g/mol. The highest BCUT2D eigenvalue weighted by atomic mass is 28.4. The van der Waals surface area contributed by atoms with Gasteiger partial charge in [0.25, 0.3) is 8.32 Å². The van der Waals surface area contributed by atoms with Crippen LogP contribution >= 0.6 is 0 Å². The van der Waals surface area contributed by atoms with Crippen molar-refractivity contribution in [3.8, 4) is 5.75 Å². The molecule has 0 radical (unpaired) electrons. The lowest BCUT2D eigenvalue weighted by Gasteiger charge is -2.42. The molecule has 138 valence electrons. The monoisotopic (exact) mass is 354 g/mol. The number of ether oxygens (including phenoxy) is 1. The third-order valence-electron chi connectivity index (χ3n) is 4.98. The van der Waals surface area contributed by atoms with Gasteiger partial charge >= 0.3 is 5.97 Å². The number of carbonyl (C=O) groups is 1. The van der Waals surface area contributed by atoms with E-state index in [1.165, 1.54) is 6.92 Å². The summed E-state index contributed by atoms with van der Waals surface area (Å²) in [4.78, 5) is 10.9. The van der Waals surface area contributed by atoms with Crippen LogP contribution in [0.25, 0.3) is 0 Å². The minimum atomic E-state index is -2.01. The normalized spacial score (nSPS) is 12.3. The highest BCUT2D eigenvalue weighted by Gasteiger charge is 2.47. The Hall–Kier alpha value is -1.23. The van der Waals surface area contributed by atoms with Gasteiger partial charge in [-0.3, -0.25) is 4.79 Å². The zero-order chi connectivity index (χ0) is 18.7. The number of hydrogen-bond acceptors (Lipinski definition) is 4. The molecule has 0 aliphatic rings. The van der Waals surface area contributed by atoms with Crippen LogP contribution < -0.4 is 4.43 Å². The first kappa shape index (κ1) is 20.8. The van der Waals surface area contributed by atoms with Crippen molar-refractivity contribution in [1.82, 2.24) is 0 Å². The molecule has 24 heavy (non-hydrogen) atoms. The lowest BCUT2D eigenvalue weighted by Crippen LogP contribution is -2.50. The Morgan fingerprint density at radius 3 is 1.96 bits per heavy atom. The SMILES string of the molecule is CC(=O)OCCc1oc(C)c(O[Si](C(C)C)(C(C)C)C(C)C)c1C. The molecule has 0 spiro atoms. The van der Waals surface area contributed by atoms with Crippen LogP contribution in [0.4, 0.5) is 0 Å². The fourth-order valence-corrected chi connectivity index (χ4v) is 9.26. The van der Waals surface area contributed by atoms with Crippen molar-refractivity contribution in [2.24, 2.45) is 0 Å². The molecule has 0 amide bonds. The Morgan fingerprint density at radius 2 is 1.54 bits per heavy atom. The van der Waals surface area contributed by atoms with Gasteiger partial charge in [-0.25, -0.2) is 0 Å². The second kappa shape index (κ2) is 8.23. The van der Waals surface area contributed by atoms with E-state index in [4.69, 9.17) is 13.6 Å². The Labute approximate surface area is 148 Å². The van der Waals surface area contributed by atoms with Gasteiger partial charge in [0.1, 0.15) is 17.3 Å². The van der Waals surface area contributed by atoms with Gasteiger partial charge < -0.3 is 13.6 Å². The summed E-state index contributed by atoms with van der Waals surface area (Å²) in [6.45, 7) is 19.4. The van der Waals surface area contributed by atoms with Gasteiger partial charge in [0.2, 0.25) is 0 Å². The minimum absolute atomic E-state index is 0.266. The summed E-state index contributed by atoms with van der Waals surface area (Å²) in [7, 11) is -2.01. The average molecular weight is 355 g/mol. The average Bonchev–Trinajstić information content (AvgIpc) is 2.69. The zero-order valence-corrected chi connectivity index (χ0v) is 17.8. The standard InChI is InChI=1S/C19H34O4Si/c1-12(2)24(13(3)4,14(5)6)23-19-15(7)18(22-16(19)8)10-11-21-17(9)20/h12-14H,10-11H2,1-9H3. The van der Waals surface area contributed by atoms with Crippen molar-refractivity contribution >= 4 is 14.3 Å². The van der Waals surface area contributed by atoms with E-state index in [2.05, 4.69) is 41.5 Å². The maximum absolute atomic E-state index is 10.9. The van der Waals surface area contributed by atoms with Crippen molar-refractivity contribution in [3.05, 3.63) is 17.1 Å². The first-order valence-corrected chi connectivity index (χ1v) is 11.1. The summed E-state index contributed by atoms with van der Waals surface area (Å²) in [6, 6.07) is 0. The van der Waals surface area contributed by atoms with Crippen molar-refractivity contribution < 1.29 is 18.4 Å². The molecule has 1 heterocycles. The van der Waals surface area contributed by atoms with Crippen LogP contribution in [0.5, 0.6) is 5.75 Å². The predicted octanol–water partition coefficient (Wildman–Crippen LogP) is 5.56. The fourth-order valence-electron chi connectivity index (χ4n) is 3.90. The first-order chi connectivity index (χ1) is 11.0. The van der Waals surface area contributed by atoms with Crippen LogP contribution in [-0.2, 0) is 16.0 Å². The van der Waals surface area contributed by atoms with Gasteiger partial charge in [0.15, 0.2) is 0 Å². The van der Waals surface area contributed by atoms with Crippen LogP contribution in [0, 0.1) is 13.8 Å². The van der Waals surface area contributed by atoms with Crippen LogP contribution in [0.3, 0.4) is 0 Å². The lowest BCUT2D eigenvalue weighted by atomic mass is 10.2. The van der Waals surface area contributed by atoms with Crippen LogP contribution in [0.1, 0.15) is 65.6 Å². The van der Waals surface area contributed by atoms with Crippen LogP contribution in [0.15, 0.2) is 4.42 Å².